The summed E-state index contributed by atoms with van der Waals surface area (Å²) >= 11 is 1.52. The predicted octanol–water partition coefficient (Wildman–Crippen LogP) is 5.09. The molecular formula is C23H24ClN3O2S. The molecule has 0 saturated heterocycles. The Morgan fingerprint density at radius 3 is 2.50 bits per heavy atom. The Morgan fingerprint density at radius 1 is 1.00 bits per heavy atom. The summed E-state index contributed by atoms with van der Waals surface area (Å²) in [5.74, 6) is 0.721. The van der Waals surface area contributed by atoms with Gasteiger partial charge in [0.05, 0.1) is 17.3 Å². The summed E-state index contributed by atoms with van der Waals surface area (Å²) in [6, 6.07) is 19.7. The third-order valence-corrected chi connectivity index (χ3v) is 5.89. The van der Waals surface area contributed by atoms with E-state index in [4.69, 9.17) is 9.72 Å². The van der Waals surface area contributed by atoms with E-state index < -0.39 is 0 Å². The molecule has 0 unspecified atom stereocenters. The Bertz CT molecular complexity index is 1180. The Balaban J connectivity index is 0.00000256. The molecule has 5 nitrogen and oxygen atoms in total. The summed E-state index contributed by atoms with van der Waals surface area (Å²) in [7, 11) is 5.64. The summed E-state index contributed by atoms with van der Waals surface area (Å²) < 4.78 is 6.34. The Labute approximate surface area is 186 Å². The summed E-state index contributed by atoms with van der Waals surface area (Å²) in [6.07, 6.45) is 0. The van der Waals surface area contributed by atoms with Crippen LogP contribution in [-0.4, -0.2) is 50.1 Å². The Hall–Kier alpha value is -2.67. The summed E-state index contributed by atoms with van der Waals surface area (Å²) in [4.78, 5) is 22.0. The monoisotopic (exact) mass is 441 g/mol. The van der Waals surface area contributed by atoms with Gasteiger partial charge in [-0.3, -0.25) is 9.69 Å². The highest BCUT2D eigenvalue weighted by Crippen LogP contribution is 2.32. The van der Waals surface area contributed by atoms with Crippen LogP contribution >= 0.6 is 23.7 Å². The van der Waals surface area contributed by atoms with Crippen LogP contribution in [-0.2, 0) is 0 Å². The van der Waals surface area contributed by atoms with E-state index in [0.717, 1.165) is 33.3 Å². The number of likely N-dealkylation sites (N-methyl/N-ethyl adjacent to an activating group) is 1. The first-order valence-corrected chi connectivity index (χ1v) is 10.3. The number of anilines is 1. The molecule has 0 spiro atoms. The van der Waals surface area contributed by atoms with E-state index in [9.17, 15) is 4.79 Å². The van der Waals surface area contributed by atoms with Crippen molar-refractivity contribution in [3.8, 4) is 5.75 Å². The molecule has 0 atom stereocenters. The van der Waals surface area contributed by atoms with Crippen molar-refractivity contribution in [2.24, 2.45) is 0 Å². The lowest BCUT2D eigenvalue weighted by Crippen LogP contribution is -2.36. The lowest BCUT2D eigenvalue weighted by atomic mass is 10.1. The molecule has 0 fully saturated rings. The molecular weight excluding hydrogens is 418 g/mol. The summed E-state index contributed by atoms with van der Waals surface area (Å²) in [5.41, 5.74) is 1.50. The third-order valence-electron chi connectivity index (χ3n) is 4.83. The van der Waals surface area contributed by atoms with Crippen LogP contribution in [0.3, 0.4) is 0 Å². The largest absolute Gasteiger partial charge is 0.497 e. The van der Waals surface area contributed by atoms with Crippen LogP contribution < -0.4 is 9.64 Å². The fourth-order valence-electron chi connectivity index (χ4n) is 3.20. The van der Waals surface area contributed by atoms with E-state index in [1.165, 1.54) is 11.3 Å². The Kier molecular flexibility index (Phi) is 6.92. The average Bonchev–Trinajstić information content (AvgIpc) is 3.15. The minimum Gasteiger partial charge on any atom is -0.497 e. The van der Waals surface area contributed by atoms with Crippen molar-refractivity contribution in [3.63, 3.8) is 0 Å². The minimum atomic E-state index is -0.0383. The lowest BCUT2D eigenvalue weighted by molar-refractivity contribution is 0.0985. The highest BCUT2D eigenvalue weighted by Gasteiger charge is 2.22. The number of methoxy groups -OCH3 is 1. The van der Waals surface area contributed by atoms with Crippen molar-refractivity contribution in [1.29, 1.82) is 0 Å². The van der Waals surface area contributed by atoms with Crippen molar-refractivity contribution in [1.82, 2.24) is 9.88 Å². The molecule has 3 aromatic carbocycles. The maximum Gasteiger partial charge on any atom is 0.260 e. The van der Waals surface area contributed by atoms with E-state index >= 15 is 0 Å². The number of nitrogens with zero attached hydrogens (tertiary/aromatic N) is 3. The van der Waals surface area contributed by atoms with Crippen LogP contribution in [0.4, 0.5) is 5.13 Å². The zero-order valence-corrected chi connectivity index (χ0v) is 18.8. The lowest BCUT2D eigenvalue weighted by Gasteiger charge is -2.22. The second kappa shape index (κ2) is 9.43. The quantitative estimate of drug-likeness (QED) is 0.418. The van der Waals surface area contributed by atoms with Gasteiger partial charge in [-0.15, -0.1) is 12.4 Å². The molecule has 0 N–H and O–H groups in total. The van der Waals surface area contributed by atoms with Crippen LogP contribution in [0.15, 0.2) is 60.7 Å². The molecule has 0 saturated carbocycles. The first-order chi connectivity index (χ1) is 14.0. The van der Waals surface area contributed by atoms with Crippen molar-refractivity contribution in [3.05, 3.63) is 66.2 Å². The predicted molar refractivity (Wildman–Crippen MR) is 128 cm³/mol. The Morgan fingerprint density at radius 2 is 1.77 bits per heavy atom. The number of hydrogen-bond donors (Lipinski definition) is 0. The molecule has 7 heteroatoms. The van der Waals surface area contributed by atoms with Gasteiger partial charge in [0.1, 0.15) is 5.75 Å². The van der Waals surface area contributed by atoms with E-state index in [2.05, 4.69) is 4.90 Å². The zero-order valence-electron chi connectivity index (χ0n) is 17.2. The second-order valence-corrected chi connectivity index (χ2v) is 8.16. The topological polar surface area (TPSA) is 45.7 Å². The fourth-order valence-corrected chi connectivity index (χ4v) is 4.17. The molecule has 0 bridgehead atoms. The van der Waals surface area contributed by atoms with Gasteiger partial charge in [-0.2, -0.15) is 0 Å². The zero-order chi connectivity index (χ0) is 20.4. The molecule has 0 aliphatic heterocycles. The van der Waals surface area contributed by atoms with Gasteiger partial charge in [-0.25, -0.2) is 4.98 Å². The van der Waals surface area contributed by atoms with E-state index in [1.807, 2.05) is 74.8 Å². The standard InChI is InChI=1S/C23H23N3O2S.ClH/c1-25(2)12-13-26(23-24-20-15-19(28-3)10-11-21(20)29-23)22(27)18-9-8-16-6-4-5-7-17(16)14-18;/h4-11,14-15H,12-13H2,1-3H3;1H. The minimum absolute atomic E-state index is 0. The number of thiazole rings is 1. The van der Waals surface area contributed by atoms with Gasteiger partial charge < -0.3 is 9.64 Å². The van der Waals surface area contributed by atoms with Gasteiger partial charge in [0.25, 0.3) is 5.91 Å². The van der Waals surface area contributed by atoms with E-state index in [-0.39, 0.29) is 18.3 Å². The van der Waals surface area contributed by atoms with Gasteiger partial charge in [0.2, 0.25) is 0 Å². The number of ether oxygens (including phenoxy) is 1. The van der Waals surface area contributed by atoms with Gasteiger partial charge >= 0.3 is 0 Å². The average molecular weight is 442 g/mol. The molecule has 30 heavy (non-hydrogen) atoms. The molecule has 0 aliphatic rings. The van der Waals surface area contributed by atoms with E-state index in [1.54, 1.807) is 12.0 Å². The van der Waals surface area contributed by atoms with Gasteiger partial charge in [0, 0.05) is 24.7 Å². The van der Waals surface area contributed by atoms with Gasteiger partial charge in [0.15, 0.2) is 5.13 Å². The molecule has 4 aromatic rings. The van der Waals surface area contributed by atoms with Crippen molar-refractivity contribution < 1.29 is 9.53 Å². The SMILES string of the molecule is COc1ccc2sc(N(CCN(C)C)C(=O)c3ccc4ccccc4c3)nc2c1.Cl. The number of carbonyl (C=O) groups is 1. The molecule has 0 aliphatic carbocycles. The molecule has 0 radical (unpaired) electrons. The first kappa shape index (κ1) is 22.0. The highest BCUT2D eigenvalue weighted by molar-refractivity contribution is 7.22. The second-order valence-electron chi connectivity index (χ2n) is 7.15. The van der Waals surface area contributed by atoms with Gasteiger partial charge in [-0.1, -0.05) is 41.7 Å². The molecule has 4 rings (SSSR count). The maximum absolute atomic E-state index is 13.5. The van der Waals surface area contributed by atoms with Crippen LogP contribution in [0.2, 0.25) is 0 Å². The third kappa shape index (κ3) is 4.56. The maximum atomic E-state index is 13.5. The molecule has 1 heterocycles. The van der Waals surface area contributed by atoms with Crippen LogP contribution in [0, 0.1) is 0 Å². The number of hydrogen-bond acceptors (Lipinski definition) is 5. The molecule has 1 amide bonds. The number of benzene rings is 3. The number of rotatable bonds is 6. The fraction of sp³-hybridized carbons (Fsp3) is 0.217. The van der Waals surface area contributed by atoms with Crippen LogP contribution in [0.5, 0.6) is 5.75 Å². The number of halogens is 1. The van der Waals surface area contributed by atoms with Crippen molar-refractivity contribution >= 4 is 55.8 Å². The first-order valence-electron chi connectivity index (χ1n) is 9.45. The number of amides is 1. The van der Waals surface area contributed by atoms with Gasteiger partial charge in [-0.05, 0) is 49.1 Å². The van der Waals surface area contributed by atoms with Crippen LogP contribution in [0.1, 0.15) is 10.4 Å². The molecule has 156 valence electrons. The highest BCUT2D eigenvalue weighted by atomic mass is 35.5. The summed E-state index contributed by atoms with van der Waals surface area (Å²) in [6.45, 7) is 1.31. The normalized spacial score (nSPS) is 10.9. The smallest absolute Gasteiger partial charge is 0.260 e. The van der Waals surface area contributed by atoms with Crippen LogP contribution in [0.25, 0.3) is 21.0 Å². The number of carbonyl (C=O) groups excluding carboxylic acids is 1. The van der Waals surface area contributed by atoms with E-state index in [0.29, 0.717) is 17.2 Å². The number of aromatic nitrogens is 1. The number of fused-ring (bicyclic) bond motifs is 2. The van der Waals surface area contributed by atoms with Crippen molar-refractivity contribution in [2.45, 2.75) is 0 Å². The molecule has 1 aromatic heterocycles. The summed E-state index contributed by atoms with van der Waals surface area (Å²) in [5, 5.41) is 2.88. The van der Waals surface area contributed by atoms with Crippen molar-refractivity contribution in [2.75, 3.05) is 39.2 Å².